The van der Waals surface area contributed by atoms with Gasteiger partial charge in [0, 0.05) is 0 Å². The van der Waals surface area contributed by atoms with E-state index in [-0.39, 0.29) is 0 Å². The first kappa shape index (κ1) is 7.47. The van der Waals surface area contributed by atoms with E-state index in [1.165, 1.54) is 0 Å². The summed E-state index contributed by atoms with van der Waals surface area (Å²) in [7, 11) is 0. The number of anilines is 3. The molecular weight excluding hydrogens is 138 g/mol. The van der Waals surface area contributed by atoms with Crippen LogP contribution in [0, 0.1) is 0 Å². The molecule has 0 radical (unpaired) electrons. The van der Waals surface area contributed by atoms with Crippen LogP contribution in [-0.2, 0) is 0 Å². The fraction of sp³-hybridized carbons (Fsp3) is 0. The fourth-order valence-electron chi connectivity index (χ4n) is 0.848. The molecule has 0 aliphatic rings. The maximum absolute atomic E-state index is 5.62. The number of hydrogen-bond donors (Lipinski definition) is 3. The summed E-state index contributed by atoms with van der Waals surface area (Å²) < 4.78 is 0. The predicted molar refractivity (Wildman–Crippen MR) is 49.8 cm³/mol. The van der Waals surface area contributed by atoms with Gasteiger partial charge in [0.2, 0.25) is 0 Å². The standard InChI is InChI=1S/C8H11N3/c1-2-5-3-4-6(9)8(11)7(5)10/h2-4H,1,9-11H2. The molecule has 0 spiro atoms. The third kappa shape index (κ3) is 1.12. The molecule has 1 aromatic rings. The first-order valence-electron chi connectivity index (χ1n) is 3.22. The van der Waals surface area contributed by atoms with Crippen LogP contribution in [0.25, 0.3) is 6.08 Å². The minimum absolute atomic E-state index is 0.433. The molecule has 1 aromatic carbocycles. The first-order chi connectivity index (χ1) is 5.16. The lowest BCUT2D eigenvalue weighted by atomic mass is 10.1. The molecule has 6 N–H and O–H groups in total. The van der Waals surface area contributed by atoms with Gasteiger partial charge in [0.1, 0.15) is 0 Å². The highest BCUT2D eigenvalue weighted by atomic mass is 14.7. The van der Waals surface area contributed by atoms with Crippen molar-refractivity contribution in [2.75, 3.05) is 17.2 Å². The molecule has 1 rings (SSSR count). The lowest BCUT2D eigenvalue weighted by Crippen LogP contribution is -2.01. The second-order valence-electron chi connectivity index (χ2n) is 2.28. The topological polar surface area (TPSA) is 78.1 Å². The van der Waals surface area contributed by atoms with Gasteiger partial charge in [-0.3, -0.25) is 0 Å². The van der Waals surface area contributed by atoms with E-state index in [1.807, 2.05) is 0 Å². The summed E-state index contributed by atoms with van der Waals surface area (Å²) in [5, 5.41) is 0. The van der Waals surface area contributed by atoms with Crippen molar-refractivity contribution in [1.29, 1.82) is 0 Å². The Labute approximate surface area is 65.5 Å². The zero-order chi connectivity index (χ0) is 8.43. The van der Waals surface area contributed by atoms with Crippen LogP contribution in [0.5, 0.6) is 0 Å². The molecule has 0 amide bonds. The summed E-state index contributed by atoms with van der Waals surface area (Å²) in [6.07, 6.45) is 1.64. The molecule has 0 saturated carbocycles. The van der Waals surface area contributed by atoms with E-state index in [1.54, 1.807) is 18.2 Å². The van der Waals surface area contributed by atoms with Gasteiger partial charge in [0.15, 0.2) is 0 Å². The number of nitrogen functional groups attached to an aromatic ring is 3. The second kappa shape index (κ2) is 2.54. The van der Waals surface area contributed by atoms with Crippen LogP contribution < -0.4 is 17.2 Å². The Balaban J connectivity index is 3.36. The van der Waals surface area contributed by atoms with Gasteiger partial charge in [-0.25, -0.2) is 0 Å². The van der Waals surface area contributed by atoms with E-state index in [2.05, 4.69) is 6.58 Å². The van der Waals surface area contributed by atoms with Crippen molar-refractivity contribution in [3.05, 3.63) is 24.3 Å². The molecule has 0 saturated heterocycles. The van der Waals surface area contributed by atoms with Crippen LogP contribution in [-0.4, -0.2) is 0 Å². The number of rotatable bonds is 1. The summed E-state index contributed by atoms with van der Waals surface area (Å²) in [5.74, 6) is 0. The lowest BCUT2D eigenvalue weighted by molar-refractivity contribution is 1.62. The van der Waals surface area contributed by atoms with E-state index >= 15 is 0 Å². The Morgan fingerprint density at radius 3 is 2.27 bits per heavy atom. The van der Waals surface area contributed by atoms with Gasteiger partial charge in [-0.05, 0) is 11.6 Å². The van der Waals surface area contributed by atoms with Crippen molar-refractivity contribution in [2.45, 2.75) is 0 Å². The zero-order valence-corrected chi connectivity index (χ0v) is 6.17. The largest absolute Gasteiger partial charge is 0.397 e. The number of nitrogens with two attached hydrogens (primary N) is 3. The summed E-state index contributed by atoms with van der Waals surface area (Å²) in [6, 6.07) is 3.50. The molecule has 3 nitrogen and oxygen atoms in total. The van der Waals surface area contributed by atoms with Crippen molar-refractivity contribution in [3.8, 4) is 0 Å². The number of hydrogen-bond acceptors (Lipinski definition) is 3. The molecule has 11 heavy (non-hydrogen) atoms. The second-order valence-corrected chi connectivity index (χ2v) is 2.28. The number of benzene rings is 1. The SMILES string of the molecule is C=Cc1ccc(N)c(N)c1N. The van der Waals surface area contributed by atoms with Crippen LogP contribution >= 0.6 is 0 Å². The van der Waals surface area contributed by atoms with Crippen LogP contribution in [0.1, 0.15) is 5.56 Å². The summed E-state index contributed by atoms with van der Waals surface area (Å²) >= 11 is 0. The molecule has 0 bridgehead atoms. The Kier molecular flexibility index (Phi) is 1.72. The van der Waals surface area contributed by atoms with Gasteiger partial charge in [-0.1, -0.05) is 18.7 Å². The molecule has 0 heterocycles. The van der Waals surface area contributed by atoms with Gasteiger partial charge < -0.3 is 17.2 Å². The van der Waals surface area contributed by atoms with E-state index in [0.717, 1.165) is 5.56 Å². The maximum Gasteiger partial charge on any atom is 0.0787 e. The van der Waals surface area contributed by atoms with E-state index in [9.17, 15) is 0 Å². The van der Waals surface area contributed by atoms with E-state index in [0.29, 0.717) is 17.1 Å². The van der Waals surface area contributed by atoms with Crippen LogP contribution in [0.15, 0.2) is 18.7 Å². The molecule has 0 fully saturated rings. The highest BCUT2D eigenvalue weighted by Gasteiger charge is 2.01. The van der Waals surface area contributed by atoms with Crippen molar-refractivity contribution in [3.63, 3.8) is 0 Å². The normalized spacial score (nSPS) is 9.45. The van der Waals surface area contributed by atoms with E-state index in [4.69, 9.17) is 17.2 Å². The molecule has 0 aliphatic heterocycles. The molecule has 0 unspecified atom stereocenters. The Hall–Kier alpha value is -1.64. The third-order valence-corrected chi connectivity index (χ3v) is 1.57. The van der Waals surface area contributed by atoms with Crippen LogP contribution in [0.3, 0.4) is 0 Å². The highest BCUT2D eigenvalue weighted by Crippen LogP contribution is 2.26. The average Bonchev–Trinajstić information content (AvgIpc) is 2.01. The summed E-state index contributed by atoms with van der Waals surface area (Å²) in [4.78, 5) is 0. The molecule has 0 atom stereocenters. The summed E-state index contributed by atoms with van der Waals surface area (Å²) in [6.45, 7) is 3.59. The first-order valence-corrected chi connectivity index (χ1v) is 3.22. The zero-order valence-electron chi connectivity index (χ0n) is 6.17. The minimum Gasteiger partial charge on any atom is -0.397 e. The Bertz CT molecular complexity index is 292. The molecule has 3 heteroatoms. The molecule has 0 aromatic heterocycles. The van der Waals surface area contributed by atoms with Gasteiger partial charge in [-0.15, -0.1) is 0 Å². The molecular formula is C8H11N3. The fourth-order valence-corrected chi connectivity index (χ4v) is 0.848. The lowest BCUT2D eigenvalue weighted by Gasteiger charge is -2.06. The highest BCUT2D eigenvalue weighted by molar-refractivity contribution is 5.83. The molecule has 58 valence electrons. The maximum atomic E-state index is 5.62. The third-order valence-electron chi connectivity index (χ3n) is 1.57. The van der Waals surface area contributed by atoms with Gasteiger partial charge in [0.25, 0.3) is 0 Å². The van der Waals surface area contributed by atoms with Gasteiger partial charge in [0.05, 0.1) is 17.1 Å². The summed E-state index contributed by atoms with van der Waals surface area (Å²) in [5.41, 5.74) is 18.9. The Morgan fingerprint density at radius 1 is 1.09 bits per heavy atom. The smallest absolute Gasteiger partial charge is 0.0787 e. The van der Waals surface area contributed by atoms with Crippen molar-refractivity contribution >= 4 is 23.1 Å². The predicted octanol–water partition coefficient (Wildman–Crippen LogP) is 1.08. The monoisotopic (exact) mass is 149 g/mol. The van der Waals surface area contributed by atoms with E-state index < -0.39 is 0 Å². The van der Waals surface area contributed by atoms with Crippen molar-refractivity contribution in [1.82, 2.24) is 0 Å². The molecule has 0 aliphatic carbocycles. The van der Waals surface area contributed by atoms with Crippen LogP contribution in [0.2, 0.25) is 0 Å². The van der Waals surface area contributed by atoms with Crippen LogP contribution in [0.4, 0.5) is 17.1 Å². The van der Waals surface area contributed by atoms with Crippen molar-refractivity contribution in [2.24, 2.45) is 0 Å². The minimum atomic E-state index is 0.433. The quantitative estimate of drug-likeness (QED) is 0.523. The Morgan fingerprint density at radius 2 is 1.73 bits per heavy atom. The average molecular weight is 149 g/mol. The van der Waals surface area contributed by atoms with Gasteiger partial charge in [-0.2, -0.15) is 0 Å². The van der Waals surface area contributed by atoms with Crippen molar-refractivity contribution < 1.29 is 0 Å². The van der Waals surface area contributed by atoms with Gasteiger partial charge >= 0.3 is 0 Å².